The van der Waals surface area contributed by atoms with Crippen LogP contribution in [0.4, 0.5) is 0 Å². The molecule has 92 valence electrons. The zero-order valence-electron chi connectivity index (χ0n) is 9.47. The van der Waals surface area contributed by atoms with Crippen LogP contribution in [0.5, 0.6) is 0 Å². The van der Waals surface area contributed by atoms with Gasteiger partial charge >= 0.3 is 0 Å². The molecule has 1 aliphatic heterocycles. The number of carbonyl (C=O) groups excluding carboxylic acids is 1. The molecule has 17 heavy (non-hydrogen) atoms. The zero-order valence-corrected chi connectivity index (χ0v) is 11.9. The summed E-state index contributed by atoms with van der Waals surface area (Å²) in [5.74, 6) is -0.333. The van der Waals surface area contributed by atoms with Crippen molar-refractivity contribution in [2.45, 2.75) is 24.7 Å². The number of rotatable bonds is 2. The Balaban J connectivity index is 2.77. The molecule has 0 saturated heterocycles. The monoisotopic (exact) mass is 317 g/mol. The molecular formula is C11H12BrNO3S. The van der Waals surface area contributed by atoms with Crippen LogP contribution in [0.3, 0.4) is 0 Å². The highest BCUT2D eigenvalue weighted by Crippen LogP contribution is 2.35. The molecule has 1 heterocycles. The number of nitrogens with zero attached hydrogens (tertiary/aromatic N) is 1. The molecule has 0 unspecified atom stereocenters. The normalized spacial score (nSPS) is 17.6. The van der Waals surface area contributed by atoms with Gasteiger partial charge in [0.15, 0.2) is 0 Å². The van der Waals surface area contributed by atoms with E-state index in [0.717, 1.165) is 9.87 Å². The number of benzene rings is 1. The van der Waals surface area contributed by atoms with Gasteiger partial charge in [-0.15, -0.1) is 0 Å². The molecular weight excluding hydrogens is 306 g/mol. The molecule has 0 spiro atoms. The van der Waals surface area contributed by atoms with Crippen LogP contribution in [0, 0.1) is 0 Å². The predicted octanol–water partition coefficient (Wildman–Crippen LogP) is 2.31. The highest BCUT2D eigenvalue weighted by atomic mass is 79.9. The Morgan fingerprint density at radius 3 is 2.53 bits per heavy atom. The third-order valence-corrected chi connectivity index (χ3v) is 5.40. The van der Waals surface area contributed by atoms with E-state index in [1.54, 1.807) is 12.1 Å². The Kier molecular flexibility index (Phi) is 3.03. The SMILES string of the molecule is CC(C)c1cccc2c1C(=O)N(CBr)S2(=O)=O. The molecule has 1 aromatic rings. The summed E-state index contributed by atoms with van der Waals surface area (Å²) in [4.78, 5) is 12.2. The van der Waals surface area contributed by atoms with E-state index in [2.05, 4.69) is 15.9 Å². The van der Waals surface area contributed by atoms with Crippen LogP contribution < -0.4 is 0 Å². The van der Waals surface area contributed by atoms with Gasteiger partial charge in [-0.2, -0.15) is 0 Å². The van der Waals surface area contributed by atoms with E-state index in [4.69, 9.17) is 0 Å². The van der Waals surface area contributed by atoms with E-state index in [1.807, 2.05) is 13.8 Å². The van der Waals surface area contributed by atoms with E-state index in [0.29, 0.717) is 5.56 Å². The summed E-state index contributed by atoms with van der Waals surface area (Å²) >= 11 is 3.04. The summed E-state index contributed by atoms with van der Waals surface area (Å²) in [6, 6.07) is 4.96. The summed E-state index contributed by atoms with van der Waals surface area (Å²) in [7, 11) is -3.66. The van der Waals surface area contributed by atoms with Gasteiger partial charge in [-0.3, -0.25) is 4.79 Å². The molecule has 0 bridgehead atoms. The average molecular weight is 318 g/mol. The van der Waals surface area contributed by atoms with Crippen LogP contribution in [-0.4, -0.2) is 24.1 Å². The van der Waals surface area contributed by atoms with Crippen molar-refractivity contribution in [1.29, 1.82) is 0 Å². The van der Waals surface area contributed by atoms with E-state index in [-0.39, 0.29) is 16.3 Å². The fourth-order valence-corrected chi connectivity index (χ4v) is 4.37. The Morgan fingerprint density at radius 1 is 1.35 bits per heavy atom. The molecule has 0 fully saturated rings. The first kappa shape index (κ1) is 12.6. The van der Waals surface area contributed by atoms with Crippen molar-refractivity contribution in [3.05, 3.63) is 29.3 Å². The molecule has 0 radical (unpaired) electrons. The van der Waals surface area contributed by atoms with E-state index in [1.165, 1.54) is 6.07 Å². The first-order chi connectivity index (χ1) is 7.91. The van der Waals surface area contributed by atoms with Gasteiger partial charge in [0.25, 0.3) is 15.9 Å². The molecule has 1 amide bonds. The Hall–Kier alpha value is -0.880. The standard InChI is InChI=1S/C11H12BrNO3S/c1-7(2)8-4-3-5-9-10(8)11(14)13(6-12)17(9,15)16/h3-5,7H,6H2,1-2H3. The van der Waals surface area contributed by atoms with Crippen LogP contribution in [0.25, 0.3) is 0 Å². The molecule has 1 aromatic carbocycles. The smallest absolute Gasteiger partial charge is 0.268 e. The van der Waals surface area contributed by atoms with E-state index >= 15 is 0 Å². The fourth-order valence-electron chi connectivity index (χ4n) is 1.94. The van der Waals surface area contributed by atoms with Gasteiger partial charge in [0, 0.05) is 0 Å². The lowest BCUT2D eigenvalue weighted by Gasteiger charge is -2.10. The topological polar surface area (TPSA) is 54.5 Å². The Bertz CT molecular complexity index is 580. The number of carbonyl (C=O) groups is 1. The number of amides is 1. The number of hydrogen-bond acceptors (Lipinski definition) is 3. The largest absolute Gasteiger partial charge is 0.270 e. The summed E-state index contributed by atoms with van der Waals surface area (Å²) in [6.45, 7) is 3.87. The van der Waals surface area contributed by atoms with E-state index in [9.17, 15) is 13.2 Å². The average Bonchev–Trinajstić information content (AvgIpc) is 2.46. The van der Waals surface area contributed by atoms with Gasteiger partial charge in [-0.1, -0.05) is 41.9 Å². The van der Waals surface area contributed by atoms with Crippen molar-refractivity contribution in [3.8, 4) is 0 Å². The fraction of sp³-hybridized carbons (Fsp3) is 0.364. The zero-order chi connectivity index (χ0) is 12.8. The summed E-state index contributed by atoms with van der Waals surface area (Å²) < 4.78 is 25.0. The molecule has 4 nitrogen and oxygen atoms in total. The van der Waals surface area contributed by atoms with Crippen LogP contribution in [0.15, 0.2) is 23.1 Å². The molecule has 0 atom stereocenters. The van der Waals surface area contributed by atoms with Gasteiger partial charge in [0.05, 0.1) is 11.0 Å². The van der Waals surface area contributed by atoms with Crippen molar-refractivity contribution in [1.82, 2.24) is 4.31 Å². The van der Waals surface area contributed by atoms with E-state index < -0.39 is 15.9 Å². The maximum atomic E-state index is 12.1. The molecule has 0 aliphatic carbocycles. The number of sulfonamides is 1. The number of alkyl halides is 1. The lowest BCUT2D eigenvalue weighted by atomic mass is 9.97. The van der Waals surface area contributed by atoms with Crippen LogP contribution in [0.1, 0.15) is 35.7 Å². The third-order valence-electron chi connectivity index (χ3n) is 2.80. The second kappa shape index (κ2) is 4.10. The lowest BCUT2D eigenvalue weighted by Crippen LogP contribution is -2.28. The number of fused-ring (bicyclic) bond motifs is 1. The van der Waals surface area contributed by atoms with Crippen molar-refractivity contribution in [2.24, 2.45) is 0 Å². The van der Waals surface area contributed by atoms with Crippen molar-refractivity contribution >= 4 is 31.9 Å². The van der Waals surface area contributed by atoms with Gasteiger partial charge in [-0.05, 0) is 17.5 Å². The van der Waals surface area contributed by atoms with Crippen LogP contribution >= 0.6 is 15.9 Å². The minimum absolute atomic E-state index is 0.0135. The molecule has 6 heteroatoms. The highest BCUT2D eigenvalue weighted by molar-refractivity contribution is 9.09. The third kappa shape index (κ3) is 1.70. The van der Waals surface area contributed by atoms with Gasteiger partial charge in [0.1, 0.15) is 4.90 Å². The Morgan fingerprint density at radius 2 is 2.00 bits per heavy atom. The minimum Gasteiger partial charge on any atom is -0.268 e. The highest BCUT2D eigenvalue weighted by Gasteiger charge is 2.42. The van der Waals surface area contributed by atoms with Gasteiger partial charge < -0.3 is 0 Å². The van der Waals surface area contributed by atoms with Gasteiger partial charge in [0.2, 0.25) is 0 Å². The second-order valence-electron chi connectivity index (χ2n) is 4.15. The molecule has 1 aliphatic rings. The first-order valence-electron chi connectivity index (χ1n) is 5.17. The quantitative estimate of drug-likeness (QED) is 0.621. The van der Waals surface area contributed by atoms with Crippen molar-refractivity contribution in [3.63, 3.8) is 0 Å². The number of halogens is 1. The van der Waals surface area contributed by atoms with Gasteiger partial charge in [-0.25, -0.2) is 12.7 Å². The van der Waals surface area contributed by atoms with Crippen LogP contribution in [0.2, 0.25) is 0 Å². The lowest BCUT2D eigenvalue weighted by molar-refractivity contribution is 0.0886. The maximum absolute atomic E-state index is 12.1. The number of hydrogen-bond donors (Lipinski definition) is 0. The molecule has 0 saturated carbocycles. The predicted molar refractivity (Wildman–Crippen MR) is 67.7 cm³/mol. The summed E-state index contributed by atoms with van der Waals surface area (Å²) in [5, 5.41) is 0. The second-order valence-corrected chi connectivity index (χ2v) is 6.49. The minimum atomic E-state index is -3.66. The maximum Gasteiger partial charge on any atom is 0.270 e. The van der Waals surface area contributed by atoms with Crippen LogP contribution in [-0.2, 0) is 10.0 Å². The van der Waals surface area contributed by atoms with Crippen molar-refractivity contribution < 1.29 is 13.2 Å². The molecule has 0 aromatic heterocycles. The Labute approximate surface area is 109 Å². The molecule has 0 N–H and O–H groups in total. The summed E-state index contributed by atoms with van der Waals surface area (Å²) in [6.07, 6.45) is 0. The molecule has 2 rings (SSSR count). The van der Waals surface area contributed by atoms with Crippen molar-refractivity contribution in [2.75, 3.05) is 5.45 Å². The first-order valence-corrected chi connectivity index (χ1v) is 7.73. The summed E-state index contributed by atoms with van der Waals surface area (Å²) in [5.41, 5.74) is 1.09.